The molecule has 0 aromatic rings. The van der Waals surface area contributed by atoms with E-state index in [2.05, 4.69) is 0 Å². The van der Waals surface area contributed by atoms with E-state index in [1.165, 1.54) is 0 Å². The summed E-state index contributed by atoms with van der Waals surface area (Å²) in [4.78, 5) is 11.4. The van der Waals surface area contributed by atoms with Crippen LogP contribution in [-0.2, 0) is 9.53 Å². The second-order valence-corrected chi connectivity index (χ2v) is 4.63. The van der Waals surface area contributed by atoms with Gasteiger partial charge in [0.2, 0.25) is 0 Å². The van der Waals surface area contributed by atoms with Gasteiger partial charge in [-0.2, -0.15) is 0 Å². The Morgan fingerprint density at radius 1 is 1.31 bits per heavy atom. The summed E-state index contributed by atoms with van der Waals surface area (Å²) in [5.74, 6) is -0.253. The summed E-state index contributed by atoms with van der Waals surface area (Å²) in [5, 5.41) is 9.33. The normalized spacial score (nSPS) is 12.8. The van der Waals surface area contributed by atoms with Gasteiger partial charge >= 0.3 is 5.97 Å². The Morgan fingerprint density at radius 3 is 2.08 bits per heavy atom. The highest BCUT2D eigenvalue weighted by atomic mass is 16.5. The third-order valence-electron chi connectivity index (χ3n) is 1.99. The van der Waals surface area contributed by atoms with Crippen LogP contribution < -0.4 is 0 Å². The summed E-state index contributed by atoms with van der Waals surface area (Å²) in [7, 11) is 0. The molecular weight excluding hydrogens is 168 g/mol. The maximum Gasteiger partial charge on any atom is 0.311 e. The average Bonchev–Trinajstić information content (AvgIpc) is 1.98. The fourth-order valence-corrected chi connectivity index (χ4v) is 0.582. The fraction of sp³-hybridized carbons (Fsp3) is 0.900. The Labute approximate surface area is 80.1 Å². The van der Waals surface area contributed by atoms with Crippen molar-refractivity contribution in [1.82, 2.24) is 0 Å². The summed E-state index contributed by atoms with van der Waals surface area (Å²) in [6, 6.07) is 0. The quantitative estimate of drug-likeness (QED) is 0.683. The van der Waals surface area contributed by atoms with E-state index in [0.29, 0.717) is 0 Å². The van der Waals surface area contributed by atoms with Crippen LogP contribution in [0.15, 0.2) is 0 Å². The minimum atomic E-state index is -0.945. The third-order valence-corrected chi connectivity index (χ3v) is 1.99. The smallest absolute Gasteiger partial charge is 0.311 e. The summed E-state index contributed by atoms with van der Waals surface area (Å²) in [5.41, 5.74) is -1.40. The number of ether oxygens (including phenoxy) is 1. The van der Waals surface area contributed by atoms with Gasteiger partial charge in [-0.3, -0.25) is 4.79 Å². The van der Waals surface area contributed by atoms with E-state index in [-0.39, 0.29) is 12.6 Å². The highest BCUT2D eigenvalue weighted by molar-refractivity contribution is 5.75. The van der Waals surface area contributed by atoms with Crippen molar-refractivity contribution in [2.45, 2.75) is 46.6 Å². The van der Waals surface area contributed by atoms with E-state index in [1.807, 2.05) is 20.8 Å². The Morgan fingerprint density at radius 2 is 1.77 bits per heavy atom. The van der Waals surface area contributed by atoms with Crippen LogP contribution in [0.25, 0.3) is 0 Å². The zero-order chi connectivity index (χ0) is 10.7. The van der Waals surface area contributed by atoms with Crippen LogP contribution in [0.4, 0.5) is 0 Å². The number of hydrogen-bond donors (Lipinski definition) is 1. The largest absolute Gasteiger partial charge is 0.462 e. The lowest BCUT2D eigenvalue weighted by Gasteiger charge is -2.23. The molecule has 0 amide bonds. The molecule has 0 aromatic heterocycles. The standard InChI is InChI=1S/C10H20O3/c1-6-9(2,3)8(11)13-7-10(4,5)12/h12H,6-7H2,1-5H3. The third kappa shape index (κ3) is 4.88. The van der Waals surface area contributed by atoms with E-state index in [1.54, 1.807) is 13.8 Å². The number of aliphatic hydroxyl groups is 1. The molecule has 0 heterocycles. The van der Waals surface area contributed by atoms with Crippen LogP contribution in [0.1, 0.15) is 41.0 Å². The van der Waals surface area contributed by atoms with E-state index in [0.717, 1.165) is 6.42 Å². The lowest BCUT2D eigenvalue weighted by molar-refractivity contribution is -0.160. The lowest BCUT2D eigenvalue weighted by Crippen LogP contribution is -2.33. The fourth-order valence-electron chi connectivity index (χ4n) is 0.582. The first kappa shape index (κ1) is 12.4. The molecule has 0 aromatic carbocycles. The molecule has 0 bridgehead atoms. The first-order valence-corrected chi connectivity index (χ1v) is 4.58. The van der Waals surface area contributed by atoms with Gasteiger partial charge in [0.05, 0.1) is 11.0 Å². The molecule has 0 spiro atoms. The van der Waals surface area contributed by atoms with Crippen LogP contribution >= 0.6 is 0 Å². The molecule has 78 valence electrons. The molecule has 0 fully saturated rings. The van der Waals surface area contributed by atoms with Crippen molar-refractivity contribution in [3.63, 3.8) is 0 Å². The van der Waals surface area contributed by atoms with Crippen molar-refractivity contribution in [3.8, 4) is 0 Å². The first-order valence-electron chi connectivity index (χ1n) is 4.58. The van der Waals surface area contributed by atoms with Gasteiger partial charge in [0.15, 0.2) is 0 Å². The van der Waals surface area contributed by atoms with Gasteiger partial charge in [0, 0.05) is 0 Å². The van der Waals surface area contributed by atoms with Crippen molar-refractivity contribution < 1.29 is 14.6 Å². The maximum absolute atomic E-state index is 11.4. The molecule has 3 nitrogen and oxygen atoms in total. The summed E-state index contributed by atoms with van der Waals surface area (Å²) >= 11 is 0. The second-order valence-electron chi connectivity index (χ2n) is 4.63. The van der Waals surface area contributed by atoms with Gasteiger partial charge in [-0.05, 0) is 34.1 Å². The molecular formula is C10H20O3. The molecule has 3 heteroatoms. The first-order chi connectivity index (χ1) is 5.69. The van der Waals surface area contributed by atoms with E-state index < -0.39 is 11.0 Å². The molecule has 0 radical (unpaired) electrons. The molecule has 0 aliphatic carbocycles. The zero-order valence-electron chi connectivity index (χ0n) is 9.18. The minimum absolute atomic E-state index is 0.0509. The predicted molar refractivity (Wildman–Crippen MR) is 51.3 cm³/mol. The monoisotopic (exact) mass is 188 g/mol. The van der Waals surface area contributed by atoms with Crippen molar-refractivity contribution in [3.05, 3.63) is 0 Å². The molecule has 0 unspecified atom stereocenters. The topological polar surface area (TPSA) is 46.5 Å². The summed E-state index contributed by atoms with van der Waals surface area (Å²) < 4.78 is 4.97. The summed E-state index contributed by atoms with van der Waals surface area (Å²) in [6.07, 6.45) is 0.734. The zero-order valence-corrected chi connectivity index (χ0v) is 9.18. The highest BCUT2D eigenvalue weighted by Gasteiger charge is 2.28. The van der Waals surface area contributed by atoms with Gasteiger partial charge in [-0.15, -0.1) is 0 Å². The number of carbonyl (C=O) groups excluding carboxylic acids is 1. The van der Waals surface area contributed by atoms with Crippen molar-refractivity contribution >= 4 is 5.97 Å². The number of carbonyl (C=O) groups is 1. The molecule has 0 atom stereocenters. The van der Waals surface area contributed by atoms with E-state index >= 15 is 0 Å². The van der Waals surface area contributed by atoms with E-state index in [4.69, 9.17) is 4.74 Å². The Hall–Kier alpha value is -0.570. The van der Waals surface area contributed by atoms with Gasteiger partial charge in [0.25, 0.3) is 0 Å². The maximum atomic E-state index is 11.4. The molecule has 1 N–H and O–H groups in total. The number of hydrogen-bond acceptors (Lipinski definition) is 3. The van der Waals surface area contributed by atoms with Crippen LogP contribution in [0.2, 0.25) is 0 Å². The van der Waals surface area contributed by atoms with Gasteiger partial charge in [-0.1, -0.05) is 6.92 Å². The summed E-state index contributed by atoms with van der Waals surface area (Å²) in [6.45, 7) is 8.87. The minimum Gasteiger partial charge on any atom is -0.462 e. The molecule has 0 saturated carbocycles. The van der Waals surface area contributed by atoms with Gasteiger partial charge < -0.3 is 9.84 Å². The highest BCUT2D eigenvalue weighted by Crippen LogP contribution is 2.21. The van der Waals surface area contributed by atoms with Crippen molar-refractivity contribution in [2.75, 3.05) is 6.61 Å². The Balaban J connectivity index is 4.03. The van der Waals surface area contributed by atoms with Crippen LogP contribution in [0, 0.1) is 5.41 Å². The van der Waals surface area contributed by atoms with Crippen LogP contribution in [0.5, 0.6) is 0 Å². The van der Waals surface area contributed by atoms with Crippen LogP contribution in [-0.4, -0.2) is 23.3 Å². The molecule has 0 rings (SSSR count). The SMILES string of the molecule is CCC(C)(C)C(=O)OCC(C)(C)O. The molecule has 13 heavy (non-hydrogen) atoms. The number of rotatable bonds is 4. The Kier molecular flexibility index (Phi) is 3.91. The van der Waals surface area contributed by atoms with Crippen molar-refractivity contribution in [1.29, 1.82) is 0 Å². The molecule has 0 aliphatic rings. The number of esters is 1. The molecule has 0 aliphatic heterocycles. The molecule has 0 saturated heterocycles. The van der Waals surface area contributed by atoms with Gasteiger partial charge in [0.1, 0.15) is 6.61 Å². The van der Waals surface area contributed by atoms with Crippen LogP contribution in [0.3, 0.4) is 0 Å². The Bertz CT molecular complexity index is 177. The average molecular weight is 188 g/mol. The lowest BCUT2D eigenvalue weighted by atomic mass is 9.91. The predicted octanol–water partition coefficient (Wildman–Crippen LogP) is 1.74. The van der Waals surface area contributed by atoms with Gasteiger partial charge in [-0.25, -0.2) is 0 Å². The van der Waals surface area contributed by atoms with E-state index in [9.17, 15) is 9.90 Å². The van der Waals surface area contributed by atoms with Crippen molar-refractivity contribution in [2.24, 2.45) is 5.41 Å². The second kappa shape index (κ2) is 4.09.